The SMILES string of the molecule is CCOC(=O)CCN(CC1CC1)C(=O)c1cc(-c2ccccc2)nc2onc(C)c12. The molecule has 7 nitrogen and oxygen atoms in total. The van der Waals surface area contributed by atoms with E-state index in [2.05, 4.69) is 10.1 Å². The molecule has 0 bridgehead atoms. The second-order valence-corrected chi connectivity index (χ2v) is 7.62. The van der Waals surface area contributed by atoms with Crippen LogP contribution in [0.15, 0.2) is 40.9 Å². The second kappa shape index (κ2) is 8.65. The Balaban J connectivity index is 1.70. The fourth-order valence-corrected chi connectivity index (χ4v) is 3.54. The van der Waals surface area contributed by atoms with Gasteiger partial charge in [-0.25, -0.2) is 4.98 Å². The Labute approximate surface area is 175 Å². The molecule has 0 radical (unpaired) electrons. The monoisotopic (exact) mass is 407 g/mol. The number of nitrogens with zero attached hydrogens (tertiary/aromatic N) is 3. The zero-order chi connectivity index (χ0) is 21.1. The minimum Gasteiger partial charge on any atom is -0.466 e. The first-order chi connectivity index (χ1) is 14.6. The van der Waals surface area contributed by atoms with Crippen molar-refractivity contribution in [2.24, 2.45) is 5.92 Å². The maximum absolute atomic E-state index is 13.6. The number of amides is 1. The van der Waals surface area contributed by atoms with Gasteiger partial charge in [0.05, 0.1) is 35.4 Å². The quantitative estimate of drug-likeness (QED) is 0.525. The maximum Gasteiger partial charge on any atom is 0.307 e. The number of carbonyl (C=O) groups excluding carboxylic acids is 2. The molecule has 0 saturated heterocycles. The number of hydrogen-bond acceptors (Lipinski definition) is 6. The lowest BCUT2D eigenvalue weighted by molar-refractivity contribution is -0.143. The first kappa shape index (κ1) is 20.1. The van der Waals surface area contributed by atoms with Crippen LogP contribution in [-0.4, -0.2) is 46.6 Å². The number of ether oxygens (including phenoxy) is 1. The predicted octanol–water partition coefficient (Wildman–Crippen LogP) is 4.00. The first-order valence-electron chi connectivity index (χ1n) is 10.3. The Hall–Kier alpha value is -3.22. The van der Waals surface area contributed by atoms with Crippen molar-refractivity contribution >= 4 is 23.0 Å². The zero-order valence-electron chi connectivity index (χ0n) is 17.3. The number of benzene rings is 1. The van der Waals surface area contributed by atoms with E-state index < -0.39 is 0 Å². The minimum atomic E-state index is -0.294. The van der Waals surface area contributed by atoms with Crippen LogP contribution in [0.25, 0.3) is 22.4 Å². The van der Waals surface area contributed by atoms with E-state index in [1.54, 1.807) is 24.8 Å². The van der Waals surface area contributed by atoms with Gasteiger partial charge in [0, 0.05) is 18.7 Å². The summed E-state index contributed by atoms with van der Waals surface area (Å²) < 4.78 is 10.4. The average molecular weight is 407 g/mol. The lowest BCUT2D eigenvalue weighted by Gasteiger charge is -2.23. The van der Waals surface area contributed by atoms with Crippen LogP contribution < -0.4 is 0 Å². The Morgan fingerprint density at radius 1 is 1.23 bits per heavy atom. The average Bonchev–Trinajstić information content (AvgIpc) is 3.51. The van der Waals surface area contributed by atoms with Crippen LogP contribution in [0.5, 0.6) is 0 Å². The summed E-state index contributed by atoms with van der Waals surface area (Å²) in [4.78, 5) is 31.8. The second-order valence-electron chi connectivity index (χ2n) is 7.62. The summed E-state index contributed by atoms with van der Waals surface area (Å²) in [5, 5.41) is 4.64. The van der Waals surface area contributed by atoms with E-state index >= 15 is 0 Å². The highest BCUT2D eigenvalue weighted by molar-refractivity contribution is 6.07. The van der Waals surface area contributed by atoms with Gasteiger partial charge in [0.25, 0.3) is 11.6 Å². The lowest BCUT2D eigenvalue weighted by Crippen LogP contribution is -2.35. The van der Waals surface area contributed by atoms with Gasteiger partial charge in [0.1, 0.15) is 0 Å². The van der Waals surface area contributed by atoms with E-state index in [0.717, 1.165) is 18.4 Å². The van der Waals surface area contributed by atoms with Crippen molar-refractivity contribution in [3.05, 3.63) is 47.7 Å². The number of rotatable bonds is 8. The van der Waals surface area contributed by atoms with E-state index in [-0.39, 0.29) is 18.3 Å². The topological polar surface area (TPSA) is 85.5 Å². The Bertz CT molecular complexity index is 1060. The number of carbonyl (C=O) groups is 2. The van der Waals surface area contributed by atoms with E-state index in [1.807, 2.05) is 30.3 Å². The van der Waals surface area contributed by atoms with Crippen LogP contribution in [0.4, 0.5) is 0 Å². The molecule has 0 atom stereocenters. The molecule has 2 heterocycles. The smallest absolute Gasteiger partial charge is 0.307 e. The van der Waals surface area contributed by atoms with Gasteiger partial charge in [0.15, 0.2) is 0 Å². The molecule has 0 unspecified atom stereocenters. The summed E-state index contributed by atoms with van der Waals surface area (Å²) in [7, 11) is 0. The molecule has 0 N–H and O–H groups in total. The largest absolute Gasteiger partial charge is 0.466 e. The molecule has 0 aliphatic heterocycles. The van der Waals surface area contributed by atoms with Gasteiger partial charge >= 0.3 is 5.97 Å². The number of esters is 1. The number of aromatic nitrogens is 2. The molecular weight excluding hydrogens is 382 g/mol. The van der Waals surface area contributed by atoms with Gasteiger partial charge in [-0.2, -0.15) is 0 Å². The van der Waals surface area contributed by atoms with Gasteiger partial charge in [-0.05, 0) is 38.7 Å². The highest BCUT2D eigenvalue weighted by Crippen LogP contribution is 2.32. The van der Waals surface area contributed by atoms with Gasteiger partial charge in [0.2, 0.25) is 0 Å². The van der Waals surface area contributed by atoms with Gasteiger partial charge < -0.3 is 14.2 Å². The molecule has 2 aromatic heterocycles. The molecule has 1 aliphatic rings. The van der Waals surface area contributed by atoms with Crippen molar-refractivity contribution in [2.75, 3.05) is 19.7 Å². The molecule has 1 fully saturated rings. The van der Waals surface area contributed by atoms with Crippen molar-refractivity contribution in [1.29, 1.82) is 0 Å². The molecule has 30 heavy (non-hydrogen) atoms. The third-order valence-electron chi connectivity index (χ3n) is 5.27. The lowest BCUT2D eigenvalue weighted by atomic mass is 10.0. The molecule has 7 heteroatoms. The van der Waals surface area contributed by atoms with Crippen LogP contribution in [0.2, 0.25) is 0 Å². The normalized spacial score (nSPS) is 13.4. The summed E-state index contributed by atoms with van der Waals surface area (Å²) in [6.45, 7) is 4.87. The van der Waals surface area contributed by atoms with Crippen molar-refractivity contribution < 1.29 is 18.8 Å². The summed E-state index contributed by atoms with van der Waals surface area (Å²) in [5.74, 6) is 0.0600. The van der Waals surface area contributed by atoms with Crippen LogP contribution in [0, 0.1) is 12.8 Å². The third-order valence-corrected chi connectivity index (χ3v) is 5.27. The molecule has 1 aromatic carbocycles. The molecule has 1 amide bonds. The van der Waals surface area contributed by atoms with Crippen LogP contribution in [-0.2, 0) is 9.53 Å². The van der Waals surface area contributed by atoms with Crippen LogP contribution in [0.1, 0.15) is 42.2 Å². The highest BCUT2D eigenvalue weighted by atomic mass is 16.5. The first-order valence-corrected chi connectivity index (χ1v) is 10.3. The maximum atomic E-state index is 13.6. The Morgan fingerprint density at radius 2 is 2.00 bits per heavy atom. The Kier molecular flexibility index (Phi) is 5.79. The van der Waals surface area contributed by atoms with Crippen molar-refractivity contribution in [1.82, 2.24) is 15.0 Å². The van der Waals surface area contributed by atoms with Gasteiger partial charge in [-0.15, -0.1) is 0 Å². The van der Waals surface area contributed by atoms with Crippen molar-refractivity contribution in [3.63, 3.8) is 0 Å². The fourth-order valence-electron chi connectivity index (χ4n) is 3.54. The van der Waals surface area contributed by atoms with Crippen LogP contribution >= 0.6 is 0 Å². The number of fused-ring (bicyclic) bond motifs is 1. The standard InChI is InChI=1S/C23H25N3O4/c1-3-29-20(27)11-12-26(14-16-9-10-16)23(28)18-13-19(17-7-5-4-6-8-17)24-22-21(18)15(2)25-30-22/h4-8,13,16H,3,9-12,14H2,1-2H3. The third kappa shape index (κ3) is 4.35. The fraction of sp³-hybridized carbons (Fsp3) is 0.391. The molecule has 1 aliphatic carbocycles. The summed E-state index contributed by atoms with van der Waals surface area (Å²) in [5.41, 5.74) is 3.01. The predicted molar refractivity (Wildman–Crippen MR) is 112 cm³/mol. The number of aryl methyl sites for hydroxylation is 1. The molecule has 3 aromatic rings. The summed E-state index contributed by atoms with van der Waals surface area (Å²) in [6, 6.07) is 11.5. The van der Waals surface area contributed by atoms with Crippen molar-refractivity contribution in [3.8, 4) is 11.3 Å². The van der Waals surface area contributed by atoms with Gasteiger partial charge in [-0.1, -0.05) is 35.5 Å². The Morgan fingerprint density at radius 3 is 2.70 bits per heavy atom. The summed E-state index contributed by atoms with van der Waals surface area (Å²) in [6.07, 6.45) is 2.39. The van der Waals surface area contributed by atoms with Crippen molar-refractivity contribution in [2.45, 2.75) is 33.1 Å². The molecule has 4 rings (SSSR count). The van der Waals surface area contributed by atoms with E-state index in [9.17, 15) is 9.59 Å². The molecular formula is C23H25N3O4. The van der Waals surface area contributed by atoms with Gasteiger partial charge in [-0.3, -0.25) is 9.59 Å². The number of pyridine rings is 1. The molecule has 156 valence electrons. The molecule has 1 saturated carbocycles. The number of hydrogen-bond donors (Lipinski definition) is 0. The highest BCUT2D eigenvalue weighted by Gasteiger charge is 2.30. The van der Waals surface area contributed by atoms with E-state index in [0.29, 0.717) is 53.7 Å². The zero-order valence-corrected chi connectivity index (χ0v) is 17.3. The minimum absolute atomic E-state index is 0.137. The van der Waals surface area contributed by atoms with Crippen LogP contribution in [0.3, 0.4) is 0 Å². The van der Waals surface area contributed by atoms with E-state index in [1.165, 1.54) is 0 Å². The molecule has 0 spiro atoms. The van der Waals surface area contributed by atoms with E-state index in [4.69, 9.17) is 9.26 Å². The summed E-state index contributed by atoms with van der Waals surface area (Å²) >= 11 is 0.